The zero-order chi connectivity index (χ0) is 19.0. The summed E-state index contributed by atoms with van der Waals surface area (Å²) in [5, 5.41) is 3.38. The Morgan fingerprint density at radius 2 is 2.07 bits per heavy atom. The Kier molecular flexibility index (Phi) is 4.69. The van der Waals surface area contributed by atoms with E-state index in [2.05, 4.69) is 15.3 Å². The highest BCUT2D eigenvalue weighted by molar-refractivity contribution is 7.22. The highest BCUT2D eigenvalue weighted by atomic mass is 35.5. The molecule has 3 heterocycles. The number of nitrogens with one attached hydrogen (secondary N) is 1. The number of alkyl halides is 1. The zero-order valence-corrected chi connectivity index (χ0v) is 15.7. The molecule has 0 aliphatic carbocycles. The molecular formula is C18H15ClF2N4OS. The molecule has 1 aromatic carbocycles. The molecule has 5 nitrogen and oxygen atoms in total. The molecule has 3 aromatic rings. The Morgan fingerprint density at radius 3 is 2.81 bits per heavy atom. The van der Waals surface area contributed by atoms with Crippen LogP contribution in [0.5, 0.6) is 0 Å². The number of urea groups is 1. The van der Waals surface area contributed by atoms with Crippen molar-refractivity contribution in [2.24, 2.45) is 0 Å². The van der Waals surface area contributed by atoms with Crippen molar-refractivity contribution < 1.29 is 13.6 Å². The van der Waals surface area contributed by atoms with E-state index < -0.39 is 5.67 Å². The van der Waals surface area contributed by atoms with Crippen molar-refractivity contribution in [1.82, 2.24) is 14.9 Å². The minimum absolute atomic E-state index is 0.113. The summed E-state index contributed by atoms with van der Waals surface area (Å²) < 4.78 is 29.2. The Hall–Kier alpha value is -2.32. The van der Waals surface area contributed by atoms with Gasteiger partial charge in [-0.2, -0.15) is 0 Å². The third-order valence-corrected chi connectivity index (χ3v) is 5.83. The van der Waals surface area contributed by atoms with Gasteiger partial charge >= 0.3 is 6.03 Å². The normalized spacial score (nSPS) is 16.5. The van der Waals surface area contributed by atoms with Crippen molar-refractivity contribution in [2.45, 2.75) is 18.5 Å². The quantitative estimate of drug-likeness (QED) is 0.650. The van der Waals surface area contributed by atoms with Crippen LogP contribution in [0, 0.1) is 5.82 Å². The monoisotopic (exact) mass is 408 g/mol. The first-order chi connectivity index (χ1) is 12.9. The highest BCUT2D eigenvalue weighted by Crippen LogP contribution is 2.39. The molecule has 2 aromatic heterocycles. The van der Waals surface area contributed by atoms with Gasteiger partial charge in [-0.25, -0.2) is 18.6 Å². The fourth-order valence-corrected chi connectivity index (χ4v) is 4.31. The minimum Gasteiger partial charge on any atom is -0.324 e. The molecule has 1 aliphatic rings. The number of rotatable bonds is 2. The number of hydrogen-bond acceptors (Lipinski definition) is 4. The molecule has 0 radical (unpaired) electrons. The van der Waals surface area contributed by atoms with Crippen LogP contribution in [0.4, 0.5) is 18.7 Å². The number of hydrogen-bond donors (Lipinski definition) is 1. The summed E-state index contributed by atoms with van der Waals surface area (Å²) in [5.74, 6) is -0.354. The number of benzene rings is 1. The summed E-state index contributed by atoms with van der Waals surface area (Å²) in [4.78, 5) is 22.3. The van der Waals surface area contributed by atoms with Crippen molar-refractivity contribution in [3.63, 3.8) is 0 Å². The number of carbonyl (C=O) groups excluding carboxylic acids is 1. The van der Waals surface area contributed by atoms with Gasteiger partial charge in [-0.15, -0.1) is 0 Å². The van der Waals surface area contributed by atoms with E-state index in [1.165, 1.54) is 34.6 Å². The van der Waals surface area contributed by atoms with Gasteiger partial charge in [-0.05, 0) is 30.3 Å². The van der Waals surface area contributed by atoms with Gasteiger partial charge < -0.3 is 4.90 Å². The van der Waals surface area contributed by atoms with E-state index in [-0.39, 0.29) is 43.5 Å². The summed E-state index contributed by atoms with van der Waals surface area (Å²) in [6.45, 7) is 0.462. The Morgan fingerprint density at radius 1 is 1.30 bits per heavy atom. The fourth-order valence-electron chi connectivity index (χ4n) is 3.14. The summed E-state index contributed by atoms with van der Waals surface area (Å²) in [7, 11) is 0. The fraction of sp³-hybridized carbons (Fsp3) is 0.278. The number of halogens is 3. The average molecular weight is 409 g/mol. The zero-order valence-electron chi connectivity index (χ0n) is 14.1. The molecule has 4 rings (SSSR count). The van der Waals surface area contributed by atoms with Crippen LogP contribution in [-0.2, 0) is 5.67 Å². The Labute approximate surface area is 163 Å². The molecule has 27 heavy (non-hydrogen) atoms. The SMILES string of the molecule is O=C(Nc1nc2ccc(F)cc2s1)N1CCC(F)(c2ncccc2Cl)CC1. The highest BCUT2D eigenvalue weighted by Gasteiger charge is 2.40. The van der Waals surface area contributed by atoms with E-state index in [0.29, 0.717) is 20.4 Å². The molecule has 9 heteroatoms. The van der Waals surface area contributed by atoms with Crippen LogP contribution in [0.3, 0.4) is 0 Å². The lowest BCUT2D eigenvalue weighted by Crippen LogP contribution is -2.45. The molecule has 1 fully saturated rings. The van der Waals surface area contributed by atoms with E-state index >= 15 is 4.39 Å². The Balaban J connectivity index is 1.43. The summed E-state index contributed by atoms with van der Waals surface area (Å²) in [5.41, 5.74) is -0.814. The van der Waals surface area contributed by atoms with Crippen LogP contribution in [0.15, 0.2) is 36.5 Å². The summed E-state index contributed by atoms with van der Waals surface area (Å²) in [6.07, 6.45) is 1.74. The second-order valence-corrected chi connectivity index (χ2v) is 7.79. The van der Waals surface area contributed by atoms with Gasteiger partial charge in [0.15, 0.2) is 10.8 Å². The molecule has 2 amide bonds. The number of likely N-dealkylation sites (tertiary alicyclic amines) is 1. The first-order valence-electron chi connectivity index (χ1n) is 8.36. The van der Waals surface area contributed by atoms with Crippen molar-refractivity contribution >= 4 is 44.3 Å². The number of carbonyl (C=O) groups is 1. The van der Waals surface area contributed by atoms with E-state index in [1.807, 2.05) is 0 Å². The molecule has 1 aliphatic heterocycles. The number of amides is 2. The summed E-state index contributed by atoms with van der Waals surface area (Å²) >= 11 is 7.27. The lowest BCUT2D eigenvalue weighted by molar-refractivity contribution is 0.0684. The van der Waals surface area contributed by atoms with E-state index in [0.717, 1.165) is 0 Å². The maximum absolute atomic E-state index is 15.3. The van der Waals surface area contributed by atoms with Gasteiger partial charge in [0.2, 0.25) is 0 Å². The van der Waals surface area contributed by atoms with Gasteiger partial charge in [0.25, 0.3) is 0 Å². The Bertz CT molecular complexity index is 1000. The first kappa shape index (κ1) is 18.1. The van der Waals surface area contributed by atoms with Crippen LogP contribution in [0.2, 0.25) is 5.02 Å². The summed E-state index contributed by atoms with van der Waals surface area (Å²) in [6, 6.07) is 7.16. The molecular weight excluding hydrogens is 394 g/mol. The molecule has 0 spiro atoms. The number of pyridine rings is 1. The van der Waals surface area contributed by atoms with Crippen LogP contribution in [-0.4, -0.2) is 34.0 Å². The second-order valence-electron chi connectivity index (χ2n) is 6.35. The maximum atomic E-state index is 15.3. The van der Waals surface area contributed by atoms with Gasteiger partial charge in [-0.3, -0.25) is 10.3 Å². The van der Waals surface area contributed by atoms with Crippen molar-refractivity contribution in [2.75, 3.05) is 18.4 Å². The number of nitrogens with zero attached hydrogens (tertiary/aromatic N) is 3. The van der Waals surface area contributed by atoms with E-state index in [9.17, 15) is 9.18 Å². The lowest BCUT2D eigenvalue weighted by atomic mass is 9.89. The number of fused-ring (bicyclic) bond motifs is 1. The van der Waals surface area contributed by atoms with Crippen molar-refractivity contribution in [3.8, 4) is 0 Å². The average Bonchev–Trinajstić information content (AvgIpc) is 3.03. The second kappa shape index (κ2) is 7.01. The lowest BCUT2D eigenvalue weighted by Gasteiger charge is -2.36. The van der Waals surface area contributed by atoms with Crippen LogP contribution in [0.25, 0.3) is 10.2 Å². The molecule has 1 saturated heterocycles. The molecule has 0 unspecified atom stereocenters. The van der Waals surface area contributed by atoms with Gasteiger partial charge in [-0.1, -0.05) is 22.9 Å². The van der Waals surface area contributed by atoms with Crippen molar-refractivity contribution in [3.05, 3.63) is 53.1 Å². The topological polar surface area (TPSA) is 58.1 Å². The van der Waals surface area contributed by atoms with Gasteiger partial charge in [0, 0.05) is 32.1 Å². The minimum atomic E-state index is -1.65. The van der Waals surface area contributed by atoms with E-state index in [4.69, 9.17) is 11.6 Å². The van der Waals surface area contributed by atoms with Gasteiger partial charge in [0.05, 0.1) is 20.9 Å². The van der Waals surface area contributed by atoms with Crippen LogP contribution >= 0.6 is 22.9 Å². The van der Waals surface area contributed by atoms with E-state index in [1.54, 1.807) is 18.2 Å². The molecule has 0 saturated carbocycles. The number of piperidine rings is 1. The predicted octanol–water partition coefficient (Wildman–Crippen LogP) is 4.98. The smallest absolute Gasteiger partial charge is 0.323 e. The third-order valence-electron chi connectivity index (χ3n) is 4.59. The predicted molar refractivity (Wildman–Crippen MR) is 101 cm³/mol. The van der Waals surface area contributed by atoms with Crippen molar-refractivity contribution in [1.29, 1.82) is 0 Å². The number of anilines is 1. The third kappa shape index (κ3) is 3.59. The molecule has 140 valence electrons. The first-order valence-corrected chi connectivity index (χ1v) is 9.56. The van der Waals surface area contributed by atoms with Crippen LogP contribution in [0.1, 0.15) is 18.5 Å². The largest absolute Gasteiger partial charge is 0.324 e. The van der Waals surface area contributed by atoms with Crippen LogP contribution < -0.4 is 5.32 Å². The molecule has 0 atom stereocenters. The molecule has 0 bridgehead atoms. The number of thiazole rings is 1. The van der Waals surface area contributed by atoms with Gasteiger partial charge in [0.1, 0.15) is 5.82 Å². The molecule has 1 N–H and O–H groups in total. The number of aromatic nitrogens is 2. The maximum Gasteiger partial charge on any atom is 0.323 e. The standard InChI is InChI=1S/C18H15ClF2N4OS/c19-12-2-1-7-22-15(12)18(21)5-8-25(9-6-18)17(26)24-16-23-13-4-3-11(20)10-14(13)27-16/h1-4,7,10H,5-6,8-9H2,(H,23,24,26).